The molecule has 6 N–H and O–H groups in total. The van der Waals surface area contributed by atoms with Gasteiger partial charge in [0.05, 0.1) is 34.1 Å². The predicted molar refractivity (Wildman–Crippen MR) is 193 cm³/mol. The number of unbranched alkanes of at least 4 members (excludes halogenated alkanes) is 1. The Balaban J connectivity index is 0.896. The standard InChI is InChI=1S/C38H42N8O6/c1-22-5-4-18-45(22)21-31-42-28-9-7-25(20-29(28)43-31)41-33(48)23-12-15-38(16-13-23,37(39)52)14-2-3-17-40-24-6-8-26-27(19-24)36(51)46(35(26)50)30-10-11-32(47)44-34(30)49/h6-9,12-13,15,19-20,22,30,40H,2-5,10-11,14,16-18,21H2,1H3,(H2,39,52)(H,41,48)(H,42,43)(H,44,47,49)/t22-,30?,38?/m0/s1. The number of anilines is 2. The first-order valence-electron chi connectivity index (χ1n) is 17.8. The zero-order chi connectivity index (χ0) is 36.6. The maximum absolute atomic E-state index is 13.2. The number of benzene rings is 2. The highest BCUT2D eigenvalue weighted by Crippen LogP contribution is 2.36. The maximum Gasteiger partial charge on any atom is 0.262 e. The minimum Gasteiger partial charge on any atom is -0.385 e. The highest BCUT2D eigenvalue weighted by atomic mass is 16.2. The lowest BCUT2D eigenvalue weighted by molar-refractivity contribution is -0.136. The summed E-state index contributed by atoms with van der Waals surface area (Å²) in [6.45, 7) is 4.60. The second kappa shape index (κ2) is 14.2. The lowest BCUT2D eigenvalue weighted by atomic mass is 9.75. The van der Waals surface area contributed by atoms with Gasteiger partial charge in [-0.25, -0.2) is 4.98 Å². The average molecular weight is 707 g/mol. The zero-order valence-electron chi connectivity index (χ0n) is 29.0. The Bertz CT molecular complexity index is 2050. The molecule has 0 spiro atoms. The number of hydrogen-bond donors (Lipinski definition) is 5. The molecule has 1 aliphatic carbocycles. The van der Waals surface area contributed by atoms with Gasteiger partial charge in [0.2, 0.25) is 17.7 Å². The number of hydrogen-bond acceptors (Lipinski definition) is 9. The number of carbonyl (C=O) groups excluding carboxylic acids is 6. The summed E-state index contributed by atoms with van der Waals surface area (Å²) >= 11 is 0. The van der Waals surface area contributed by atoms with Crippen LogP contribution >= 0.6 is 0 Å². The number of allylic oxidation sites excluding steroid dienone is 1. The molecule has 4 aliphatic rings. The SMILES string of the molecule is C[C@H]1CCCN1Cc1nc2cc(NC(=O)C3=CCC(CCCCNc4ccc5c(c4)C(=O)N(C4CCC(=O)NC4=O)C5=O)(C(N)=O)C=C3)ccc2[nH]1. The third kappa shape index (κ3) is 6.85. The van der Waals surface area contributed by atoms with E-state index in [0.29, 0.717) is 55.2 Å². The molecule has 7 rings (SSSR count). The van der Waals surface area contributed by atoms with Crippen molar-refractivity contribution in [2.75, 3.05) is 23.7 Å². The number of aromatic amines is 1. The van der Waals surface area contributed by atoms with Crippen molar-refractivity contribution in [2.24, 2.45) is 11.1 Å². The Morgan fingerprint density at radius 3 is 2.56 bits per heavy atom. The van der Waals surface area contributed by atoms with E-state index in [2.05, 4.69) is 32.8 Å². The number of nitrogens with zero attached hydrogens (tertiary/aromatic N) is 3. The second-order valence-corrected chi connectivity index (χ2v) is 14.1. The fourth-order valence-corrected chi connectivity index (χ4v) is 7.55. The number of aromatic nitrogens is 2. The van der Waals surface area contributed by atoms with Gasteiger partial charge in [0.15, 0.2) is 0 Å². The van der Waals surface area contributed by atoms with Crippen molar-refractivity contribution in [3.8, 4) is 0 Å². The van der Waals surface area contributed by atoms with Crippen molar-refractivity contribution in [1.29, 1.82) is 0 Å². The minimum absolute atomic E-state index is 0.0553. The Labute approximate surface area is 300 Å². The van der Waals surface area contributed by atoms with Crippen LogP contribution in [0.2, 0.25) is 0 Å². The zero-order valence-corrected chi connectivity index (χ0v) is 29.0. The fourth-order valence-electron chi connectivity index (χ4n) is 7.55. The monoisotopic (exact) mass is 706 g/mol. The van der Waals surface area contributed by atoms with Crippen LogP contribution in [0.25, 0.3) is 11.0 Å². The van der Waals surface area contributed by atoms with Crippen molar-refractivity contribution >= 4 is 57.9 Å². The highest BCUT2D eigenvalue weighted by molar-refractivity contribution is 6.23. The smallest absolute Gasteiger partial charge is 0.262 e. The summed E-state index contributed by atoms with van der Waals surface area (Å²) in [6.07, 6.45) is 9.81. The molecule has 3 aromatic rings. The van der Waals surface area contributed by atoms with E-state index in [-0.39, 0.29) is 29.9 Å². The van der Waals surface area contributed by atoms with Crippen LogP contribution in [-0.4, -0.2) is 80.4 Å². The van der Waals surface area contributed by atoms with E-state index in [1.165, 1.54) is 12.8 Å². The topological polar surface area (TPSA) is 200 Å². The largest absolute Gasteiger partial charge is 0.385 e. The Morgan fingerprint density at radius 2 is 1.83 bits per heavy atom. The van der Waals surface area contributed by atoms with Crippen molar-refractivity contribution in [3.05, 3.63) is 77.2 Å². The number of nitrogens with one attached hydrogen (secondary N) is 4. The summed E-state index contributed by atoms with van der Waals surface area (Å²) < 4.78 is 0. The minimum atomic E-state index is -1.02. The van der Waals surface area contributed by atoms with Gasteiger partial charge in [0, 0.05) is 36.0 Å². The number of imide groups is 2. The van der Waals surface area contributed by atoms with E-state index < -0.39 is 41.0 Å². The van der Waals surface area contributed by atoms with Gasteiger partial charge in [0.1, 0.15) is 11.9 Å². The van der Waals surface area contributed by atoms with Crippen LogP contribution in [0.3, 0.4) is 0 Å². The molecule has 2 aromatic carbocycles. The van der Waals surface area contributed by atoms with Crippen LogP contribution in [-0.2, 0) is 25.7 Å². The predicted octanol–water partition coefficient (Wildman–Crippen LogP) is 3.53. The number of piperidine rings is 1. The highest BCUT2D eigenvalue weighted by Gasteiger charge is 2.44. The van der Waals surface area contributed by atoms with Gasteiger partial charge < -0.3 is 21.4 Å². The summed E-state index contributed by atoms with van der Waals surface area (Å²) in [5, 5.41) is 8.40. The molecular weight excluding hydrogens is 664 g/mol. The molecule has 3 atom stereocenters. The number of fused-ring (bicyclic) bond motifs is 2. The van der Waals surface area contributed by atoms with E-state index in [9.17, 15) is 28.8 Å². The van der Waals surface area contributed by atoms with Gasteiger partial charge in [-0.15, -0.1) is 0 Å². The lowest BCUT2D eigenvalue weighted by Crippen LogP contribution is -2.54. The van der Waals surface area contributed by atoms with E-state index >= 15 is 0 Å². The van der Waals surface area contributed by atoms with Gasteiger partial charge in [-0.1, -0.05) is 24.6 Å². The maximum atomic E-state index is 13.2. The molecule has 2 fully saturated rings. The first kappa shape index (κ1) is 34.8. The molecule has 14 heteroatoms. The van der Waals surface area contributed by atoms with E-state index in [0.717, 1.165) is 34.8 Å². The van der Waals surface area contributed by atoms with E-state index in [1.807, 2.05) is 18.2 Å². The summed E-state index contributed by atoms with van der Waals surface area (Å²) in [7, 11) is 0. The quantitative estimate of drug-likeness (QED) is 0.138. The number of amides is 6. The summed E-state index contributed by atoms with van der Waals surface area (Å²) in [6, 6.07) is 9.97. The number of nitrogens with two attached hydrogens (primary N) is 1. The number of carbonyl (C=O) groups is 6. The molecule has 0 radical (unpaired) electrons. The lowest BCUT2D eigenvalue weighted by Gasteiger charge is -2.29. The molecule has 3 aliphatic heterocycles. The van der Waals surface area contributed by atoms with Gasteiger partial charge in [-0.2, -0.15) is 0 Å². The Kier molecular flexibility index (Phi) is 9.49. The molecule has 6 amide bonds. The number of primary amides is 1. The average Bonchev–Trinajstić information content (AvgIpc) is 3.79. The van der Waals surface area contributed by atoms with E-state index in [1.54, 1.807) is 36.4 Å². The molecule has 0 saturated carbocycles. The van der Waals surface area contributed by atoms with Crippen LogP contribution in [0.4, 0.5) is 11.4 Å². The summed E-state index contributed by atoms with van der Waals surface area (Å²) in [5.41, 5.74) is 8.77. The second-order valence-electron chi connectivity index (χ2n) is 14.1. The third-order valence-corrected chi connectivity index (χ3v) is 10.7. The van der Waals surface area contributed by atoms with Crippen LogP contribution in [0.5, 0.6) is 0 Å². The molecule has 270 valence electrons. The van der Waals surface area contributed by atoms with Crippen molar-refractivity contribution in [2.45, 2.75) is 76.9 Å². The van der Waals surface area contributed by atoms with Crippen LogP contribution in [0, 0.1) is 5.41 Å². The summed E-state index contributed by atoms with van der Waals surface area (Å²) in [5.74, 6) is -2.04. The van der Waals surface area contributed by atoms with Crippen molar-refractivity contribution < 1.29 is 28.8 Å². The van der Waals surface area contributed by atoms with Crippen LogP contribution < -0.4 is 21.7 Å². The molecule has 14 nitrogen and oxygen atoms in total. The molecule has 0 bridgehead atoms. The van der Waals surface area contributed by atoms with Gasteiger partial charge in [-0.3, -0.25) is 43.9 Å². The molecular formula is C38H42N8O6. The molecule has 2 unspecified atom stereocenters. The first-order chi connectivity index (χ1) is 25.0. The van der Waals surface area contributed by atoms with Gasteiger partial charge in [-0.05, 0) is 88.4 Å². The molecule has 1 aromatic heterocycles. The molecule has 52 heavy (non-hydrogen) atoms. The Morgan fingerprint density at radius 1 is 1.02 bits per heavy atom. The number of H-pyrrole nitrogens is 1. The van der Waals surface area contributed by atoms with Crippen molar-refractivity contribution in [1.82, 2.24) is 25.1 Å². The first-order valence-corrected chi connectivity index (χ1v) is 17.8. The van der Waals surface area contributed by atoms with Crippen LogP contribution in [0.1, 0.15) is 84.8 Å². The van der Waals surface area contributed by atoms with Crippen LogP contribution in [0.15, 0.2) is 60.2 Å². The third-order valence-electron chi connectivity index (χ3n) is 10.7. The molecule has 4 heterocycles. The van der Waals surface area contributed by atoms with E-state index in [4.69, 9.17) is 10.7 Å². The van der Waals surface area contributed by atoms with Crippen molar-refractivity contribution in [3.63, 3.8) is 0 Å². The van der Waals surface area contributed by atoms with Gasteiger partial charge in [0.25, 0.3) is 17.7 Å². The van der Waals surface area contributed by atoms with Gasteiger partial charge >= 0.3 is 0 Å². The number of likely N-dealkylation sites (tertiary alicyclic amines) is 1. The number of rotatable bonds is 12. The normalized spacial score (nSPS) is 23.2. The molecule has 2 saturated heterocycles. The number of imidazole rings is 1. The Hall–Kier alpha value is -5.63. The fraction of sp³-hybridized carbons (Fsp3) is 0.395. The summed E-state index contributed by atoms with van der Waals surface area (Å²) in [4.78, 5) is 87.2.